The molecule has 0 saturated heterocycles. The standard InChI is InChI=1S/C14H12Cl2/c1-10-5-6-11(9-15)7-14(10)12-3-2-4-13(16)8-12/h2-8H,9H2,1H3. The van der Waals surface area contributed by atoms with Crippen molar-refractivity contribution >= 4 is 23.2 Å². The van der Waals surface area contributed by atoms with E-state index in [1.54, 1.807) is 0 Å². The molecule has 0 unspecified atom stereocenters. The summed E-state index contributed by atoms with van der Waals surface area (Å²) in [7, 11) is 0. The Morgan fingerprint density at radius 2 is 1.88 bits per heavy atom. The number of alkyl halides is 1. The van der Waals surface area contributed by atoms with Crippen molar-refractivity contribution in [3.05, 3.63) is 58.6 Å². The van der Waals surface area contributed by atoms with Crippen molar-refractivity contribution < 1.29 is 0 Å². The molecule has 16 heavy (non-hydrogen) atoms. The van der Waals surface area contributed by atoms with E-state index in [4.69, 9.17) is 23.2 Å². The lowest BCUT2D eigenvalue weighted by atomic mass is 9.99. The first-order valence-corrected chi connectivity index (χ1v) is 6.03. The smallest absolute Gasteiger partial charge is 0.0474 e. The predicted octanol–water partition coefficient (Wildman–Crippen LogP) is 5.05. The maximum atomic E-state index is 5.99. The van der Waals surface area contributed by atoms with E-state index in [0.717, 1.165) is 16.1 Å². The number of halogens is 2. The van der Waals surface area contributed by atoms with E-state index in [1.807, 2.05) is 18.2 Å². The molecule has 0 aliphatic rings. The molecule has 0 radical (unpaired) electrons. The topological polar surface area (TPSA) is 0 Å². The Balaban J connectivity index is 2.54. The van der Waals surface area contributed by atoms with E-state index in [-0.39, 0.29) is 0 Å². The van der Waals surface area contributed by atoms with Gasteiger partial charge >= 0.3 is 0 Å². The van der Waals surface area contributed by atoms with Crippen molar-refractivity contribution in [2.24, 2.45) is 0 Å². The SMILES string of the molecule is Cc1ccc(CCl)cc1-c1cccc(Cl)c1. The lowest BCUT2D eigenvalue weighted by Crippen LogP contribution is -1.86. The lowest BCUT2D eigenvalue weighted by Gasteiger charge is -2.08. The summed E-state index contributed by atoms with van der Waals surface area (Å²) >= 11 is 11.8. The molecule has 2 aromatic carbocycles. The monoisotopic (exact) mass is 250 g/mol. The third-order valence-electron chi connectivity index (χ3n) is 2.59. The maximum Gasteiger partial charge on any atom is 0.0474 e. The molecule has 0 aromatic heterocycles. The van der Waals surface area contributed by atoms with Crippen molar-refractivity contribution in [2.75, 3.05) is 0 Å². The molecule has 0 N–H and O–H groups in total. The Labute approximate surface area is 106 Å². The van der Waals surface area contributed by atoms with E-state index in [1.165, 1.54) is 11.1 Å². The van der Waals surface area contributed by atoms with E-state index < -0.39 is 0 Å². The fourth-order valence-corrected chi connectivity index (χ4v) is 2.08. The van der Waals surface area contributed by atoms with Gasteiger partial charge in [-0.2, -0.15) is 0 Å². The molecule has 0 aliphatic heterocycles. The zero-order chi connectivity index (χ0) is 11.5. The summed E-state index contributed by atoms with van der Waals surface area (Å²) in [5.41, 5.74) is 4.69. The van der Waals surface area contributed by atoms with Crippen LogP contribution in [0.15, 0.2) is 42.5 Å². The van der Waals surface area contributed by atoms with Gasteiger partial charge in [-0.3, -0.25) is 0 Å². The minimum Gasteiger partial charge on any atom is -0.122 e. The van der Waals surface area contributed by atoms with Gasteiger partial charge in [-0.05, 0) is 47.4 Å². The van der Waals surface area contributed by atoms with Crippen molar-refractivity contribution in [3.8, 4) is 11.1 Å². The number of benzene rings is 2. The predicted molar refractivity (Wildman–Crippen MR) is 71.2 cm³/mol. The molecule has 0 amide bonds. The average Bonchev–Trinajstić information content (AvgIpc) is 2.30. The lowest BCUT2D eigenvalue weighted by molar-refractivity contribution is 1.36. The molecule has 0 aliphatic carbocycles. The fourth-order valence-electron chi connectivity index (χ4n) is 1.72. The summed E-state index contributed by atoms with van der Waals surface area (Å²) in [5.74, 6) is 0.536. The number of hydrogen-bond donors (Lipinski definition) is 0. The second-order valence-corrected chi connectivity index (χ2v) is 4.50. The number of hydrogen-bond acceptors (Lipinski definition) is 0. The minimum atomic E-state index is 0.536. The van der Waals surface area contributed by atoms with Crippen LogP contribution in [-0.2, 0) is 5.88 Å². The highest BCUT2D eigenvalue weighted by atomic mass is 35.5. The Morgan fingerprint density at radius 1 is 1.06 bits per heavy atom. The summed E-state index contributed by atoms with van der Waals surface area (Å²) < 4.78 is 0. The van der Waals surface area contributed by atoms with Crippen LogP contribution < -0.4 is 0 Å². The highest BCUT2D eigenvalue weighted by molar-refractivity contribution is 6.30. The zero-order valence-electron chi connectivity index (χ0n) is 9.00. The van der Waals surface area contributed by atoms with Crippen LogP contribution in [-0.4, -0.2) is 0 Å². The first-order chi connectivity index (χ1) is 7.70. The summed E-state index contributed by atoms with van der Waals surface area (Å²) in [4.78, 5) is 0. The third-order valence-corrected chi connectivity index (χ3v) is 3.14. The van der Waals surface area contributed by atoms with Gasteiger partial charge in [0.15, 0.2) is 0 Å². The molecule has 0 bridgehead atoms. The van der Waals surface area contributed by atoms with Crippen molar-refractivity contribution in [1.82, 2.24) is 0 Å². The van der Waals surface area contributed by atoms with Crippen LogP contribution in [0.25, 0.3) is 11.1 Å². The number of aryl methyl sites for hydroxylation is 1. The van der Waals surface area contributed by atoms with Crippen molar-refractivity contribution in [3.63, 3.8) is 0 Å². The quantitative estimate of drug-likeness (QED) is 0.655. The largest absolute Gasteiger partial charge is 0.122 e. The second kappa shape index (κ2) is 4.90. The summed E-state index contributed by atoms with van der Waals surface area (Å²) in [6.07, 6.45) is 0. The molecule has 0 spiro atoms. The molecule has 2 aromatic rings. The molecule has 0 atom stereocenters. The van der Waals surface area contributed by atoms with Crippen LogP contribution in [0, 0.1) is 6.92 Å². The van der Waals surface area contributed by atoms with Gasteiger partial charge in [0, 0.05) is 10.9 Å². The number of rotatable bonds is 2. The molecule has 0 heterocycles. The average molecular weight is 251 g/mol. The van der Waals surface area contributed by atoms with Crippen molar-refractivity contribution in [2.45, 2.75) is 12.8 Å². The van der Waals surface area contributed by atoms with E-state index in [0.29, 0.717) is 5.88 Å². The molecule has 0 saturated carbocycles. The third kappa shape index (κ3) is 2.40. The van der Waals surface area contributed by atoms with Crippen molar-refractivity contribution in [1.29, 1.82) is 0 Å². The highest BCUT2D eigenvalue weighted by Gasteiger charge is 2.03. The van der Waals surface area contributed by atoms with Crippen LogP contribution >= 0.6 is 23.2 Å². The highest BCUT2D eigenvalue weighted by Crippen LogP contribution is 2.27. The second-order valence-electron chi connectivity index (χ2n) is 3.79. The summed E-state index contributed by atoms with van der Waals surface area (Å²) in [6, 6.07) is 14.1. The molecular weight excluding hydrogens is 239 g/mol. The molecule has 82 valence electrons. The first kappa shape index (κ1) is 11.5. The fraction of sp³-hybridized carbons (Fsp3) is 0.143. The van der Waals surface area contributed by atoms with Crippen LogP contribution in [0.3, 0.4) is 0 Å². The molecule has 2 heteroatoms. The van der Waals surface area contributed by atoms with Crippen LogP contribution in [0.4, 0.5) is 0 Å². The maximum absolute atomic E-state index is 5.99. The Kier molecular flexibility index (Phi) is 3.52. The van der Waals surface area contributed by atoms with E-state index in [2.05, 4.69) is 31.2 Å². The van der Waals surface area contributed by atoms with Gasteiger partial charge in [-0.25, -0.2) is 0 Å². The normalized spacial score (nSPS) is 10.4. The van der Waals surface area contributed by atoms with Gasteiger partial charge in [0.1, 0.15) is 0 Å². The molecule has 0 nitrogen and oxygen atoms in total. The summed E-state index contributed by atoms with van der Waals surface area (Å²) in [6.45, 7) is 2.09. The van der Waals surface area contributed by atoms with Gasteiger partial charge in [0.05, 0.1) is 0 Å². The van der Waals surface area contributed by atoms with Gasteiger partial charge < -0.3 is 0 Å². The Morgan fingerprint density at radius 3 is 2.56 bits per heavy atom. The molecule has 0 fully saturated rings. The first-order valence-electron chi connectivity index (χ1n) is 5.12. The van der Waals surface area contributed by atoms with Crippen LogP contribution in [0.5, 0.6) is 0 Å². The van der Waals surface area contributed by atoms with Crippen LogP contribution in [0.1, 0.15) is 11.1 Å². The van der Waals surface area contributed by atoms with Gasteiger partial charge in [-0.15, -0.1) is 11.6 Å². The van der Waals surface area contributed by atoms with Gasteiger partial charge in [0.2, 0.25) is 0 Å². The Bertz CT molecular complexity index is 504. The minimum absolute atomic E-state index is 0.536. The van der Waals surface area contributed by atoms with Crippen LogP contribution in [0.2, 0.25) is 5.02 Å². The van der Waals surface area contributed by atoms with Gasteiger partial charge in [-0.1, -0.05) is 35.9 Å². The zero-order valence-corrected chi connectivity index (χ0v) is 10.5. The summed E-state index contributed by atoms with van der Waals surface area (Å²) in [5, 5.41) is 0.758. The van der Waals surface area contributed by atoms with E-state index in [9.17, 15) is 0 Å². The van der Waals surface area contributed by atoms with Gasteiger partial charge in [0.25, 0.3) is 0 Å². The molecule has 2 rings (SSSR count). The Hall–Kier alpha value is -0.980. The molecular formula is C14H12Cl2. The van der Waals surface area contributed by atoms with E-state index >= 15 is 0 Å².